The van der Waals surface area contributed by atoms with Gasteiger partial charge in [0.1, 0.15) is 5.75 Å². The zero-order valence-electron chi connectivity index (χ0n) is 11.4. The van der Waals surface area contributed by atoms with E-state index in [-0.39, 0.29) is 23.2 Å². The van der Waals surface area contributed by atoms with Crippen molar-refractivity contribution in [2.75, 3.05) is 25.0 Å². The number of anilines is 1. The van der Waals surface area contributed by atoms with E-state index in [0.29, 0.717) is 18.8 Å². The fourth-order valence-corrected chi connectivity index (χ4v) is 3.10. The maximum Gasteiger partial charge on any atom is 0.294 e. The average molecular weight is 285 g/mol. The van der Waals surface area contributed by atoms with E-state index in [2.05, 4.69) is 10.3 Å². The van der Waals surface area contributed by atoms with E-state index in [9.17, 15) is 9.90 Å². The summed E-state index contributed by atoms with van der Waals surface area (Å²) in [5, 5.41) is 24.4. The first-order valence-corrected chi connectivity index (χ1v) is 7.02. The van der Waals surface area contributed by atoms with Gasteiger partial charge in [-0.1, -0.05) is 0 Å². The maximum atomic E-state index is 12.3. The summed E-state index contributed by atoms with van der Waals surface area (Å²) in [6.07, 6.45) is 1.63. The van der Waals surface area contributed by atoms with Gasteiger partial charge in [0.25, 0.3) is 5.91 Å². The summed E-state index contributed by atoms with van der Waals surface area (Å²) in [7, 11) is 0. The average Bonchev–Trinajstić information content (AvgIpc) is 3.17. The lowest BCUT2D eigenvalue weighted by Gasteiger charge is -2.17. The van der Waals surface area contributed by atoms with Crippen molar-refractivity contribution in [1.82, 2.24) is 10.0 Å². The monoisotopic (exact) mass is 285 g/mol. The summed E-state index contributed by atoms with van der Waals surface area (Å²) in [5.41, 5.74) is 2.38. The fourth-order valence-electron chi connectivity index (χ4n) is 3.10. The lowest BCUT2D eigenvalue weighted by Crippen LogP contribution is -2.33. The number of rotatable bonds is 1. The molecule has 3 heterocycles. The first-order chi connectivity index (χ1) is 10.2. The molecule has 0 unspecified atom stereocenters. The zero-order chi connectivity index (χ0) is 14.6. The van der Waals surface area contributed by atoms with Gasteiger partial charge in [0.2, 0.25) is 0 Å². The number of carbonyl (C=O) groups is 1. The SMILES string of the molecule is N=C1C(=Nc2ccc(O)c3c2NCC3)C(=O)N2CCCN12. The number of fused-ring (bicyclic) bond motifs is 2. The topological polar surface area (TPSA) is 92.0 Å². The first-order valence-electron chi connectivity index (χ1n) is 7.02. The summed E-state index contributed by atoms with van der Waals surface area (Å²) < 4.78 is 0. The van der Waals surface area contributed by atoms with E-state index in [4.69, 9.17) is 5.41 Å². The number of nitrogens with one attached hydrogen (secondary N) is 2. The molecule has 0 bridgehead atoms. The van der Waals surface area contributed by atoms with Gasteiger partial charge in [-0.15, -0.1) is 0 Å². The maximum absolute atomic E-state index is 12.3. The minimum Gasteiger partial charge on any atom is -0.508 e. The van der Waals surface area contributed by atoms with Crippen molar-refractivity contribution in [3.8, 4) is 5.75 Å². The Morgan fingerprint density at radius 3 is 2.90 bits per heavy atom. The van der Waals surface area contributed by atoms with Crippen molar-refractivity contribution in [2.24, 2.45) is 4.99 Å². The lowest BCUT2D eigenvalue weighted by molar-refractivity contribution is -0.129. The van der Waals surface area contributed by atoms with Crippen molar-refractivity contribution >= 4 is 28.8 Å². The van der Waals surface area contributed by atoms with Gasteiger partial charge in [-0.25, -0.2) is 10.0 Å². The molecule has 0 radical (unpaired) electrons. The van der Waals surface area contributed by atoms with E-state index in [0.717, 1.165) is 30.6 Å². The Labute approximate surface area is 121 Å². The Kier molecular flexibility index (Phi) is 2.44. The Bertz CT molecular complexity index is 673. The van der Waals surface area contributed by atoms with Crippen LogP contribution in [-0.4, -0.2) is 52.2 Å². The Morgan fingerprint density at radius 2 is 2.10 bits per heavy atom. The Balaban J connectivity index is 1.78. The molecule has 1 aromatic carbocycles. The molecule has 108 valence electrons. The standard InChI is InChI=1S/C14H15N5O2/c15-13-12(14(21)19-7-1-6-18(13)19)17-9-2-3-10(20)8-4-5-16-11(8)9/h2-3,15-16,20H,1,4-7H2. The first kappa shape index (κ1) is 12.2. The molecular weight excluding hydrogens is 270 g/mol. The van der Waals surface area contributed by atoms with E-state index in [1.165, 1.54) is 0 Å². The number of aliphatic imine (C=N–C) groups is 1. The normalized spacial score (nSPS) is 22.0. The van der Waals surface area contributed by atoms with Crippen LogP contribution in [0, 0.1) is 5.41 Å². The second-order valence-corrected chi connectivity index (χ2v) is 5.35. The van der Waals surface area contributed by atoms with E-state index in [1.54, 1.807) is 22.2 Å². The Hall–Kier alpha value is -2.57. The molecule has 21 heavy (non-hydrogen) atoms. The van der Waals surface area contributed by atoms with Crippen LogP contribution >= 0.6 is 0 Å². The summed E-state index contributed by atoms with van der Waals surface area (Å²) in [4.78, 5) is 16.7. The van der Waals surface area contributed by atoms with Gasteiger partial charge in [-0.3, -0.25) is 15.2 Å². The van der Waals surface area contributed by atoms with Gasteiger partial charge in [0, 0.05) is 25.2 Å². The summed E-state index contributed by atoms with van der Waals surface area (Å²) >= 11 is 0. The molecule has 4 rings (SSSR count). The second-order valence-electron chi connectivity index (χ2n) is 5.35. The zero-order valence-corrected chi connectivity index (χ0v) is 11.4. The quantitative estimate of drug-likeness (QED) is 0.714. The molecule has 0 spiro atoms. The summed E-state index contributed by atoms with van der Waals surface area (Å²) in [6.45, 7) is 2.08. The van der Waals surface area contributed by atoms with Gasteiger partial charge in [0.15, 0.2) is 11.5 Å². The van der Waals surface area contributed by atoms with E-state index < -0.39 is 0 Å². The predicted octanol–water partition coefficient (Wildman–Crippen LogP) is 0.873. The van der Waals surface area contributed by atoms with E-state index >= 15 is 0 Å². The van der Waals surface area contributed by atoms with Crippen molar-refractivity contribution in [1.29, 1.82) is 5.41 Å². The number of hydrazine groups is 1. The number of aromatic hydroxyl groups is 1. The van der Waals surface area contributed by atoms with Gasteiger partial charge in [-0.2, -0.15) is 0 Å². The van der Waals surface area contributed by atoms with Crippen molar-refractivity contribution in [2.45, 2.75) is 12.8 Å². The molecule has 7 nitrogen and oxygen atoms in total. The number of phenols is 1. The van der Waals surface area contributed by atoms with E-state index in [1.807, 2.05) is 0 Å². The Morgan fingerprint density at radius 1 is 1.29 bits per heavy atom. The number of phenolic OH excluding ortho intramolecular Hbond substituents is 1. The fraction of sp³-hybridized carbons (Fsp3) is 0.357. The molecule has 0 saturated carbocycles. The molecule has 1 aromatic rings. The molecule has 0 aromatic heterocycles. The smallest absolute Gasteiger partial charge is 0.294 e. The third-order valence-electron chi connectivity index (χ3n) is 4.13. The number of hydrogen-bond acceptors (Lipinski definition) is 5. The van der Waals surface area contributed by atoms with Crippen LogP contribution in [0.5, 0.6) is 5.75 Å². The van der Waals surface area contributed by atoms with Crippen LogP contribution in [0.3, 0.4) is 0 Å². The van der Waals surface area contributed by atoms with Crippen LogP contribution < -0.4 is 5.32 Å². The summed E-state index contributed by atoms with van der Waals surface area (Å²) in [5.74, 6) is 0.200. The largest absolute Gasteiger partial charge is 0.508 e. The van der Waals surface area contributed by atoms with Crippen molar-refractivity contribution in [3.05, 3.63) is 17.7 Å². The van der Waals surface area contributed by atoms with Crippen LogP contribution in [0.25, 0.3) is 0 Å². The molecule has 0 atom stereocenters. The van der Waals surface area contributed by atoms with Gasteiger partial charge >= 0.3 is 0 Å². The molecule has 1 amide bonds. The molecule has 2 saturated heterocycles. The number of nitrogens with zero attached hydrogens (tertiary/aromatic N) is 3. The third kappa shape index (κ3) is 1.63. The highest BCUT2D eigenvalue weighted by Gasteiger charge is 2.42. The summed E-state index contributed by atoms with van der Waals surface area (Å²) in [6, 6.07) is 3.27. The number of carbonyl (C=O) groups excluding carboxylic acids is 1. The van der Waals surface area contributed by atoms with Gasteiger partial charge in [-0.05, 0) is 25.0 Å². The van der Waals surface area contributed by atoms with Gasteiger partial charge < -0.3 is 10.4 Å². The van der Waals surface area contributed by atoms with Crippen molar-refractivity contribution in [3.63, 3.8) is 0 Å². The molecular formula is C14H15N5O2. The third-order valence-corrected chi connectivity index (χ3v) is 4.13. The van der Waals surface area contributed by atoms with Crippen molar-refractivity contribution < 1.29 is 9.90 Å². The minimum absolute atomic E-state index is 0.164. The van der Waals surface area contributed by atoms with Crippen LogP contribution in [-0.2, 0) is 11.2 Å². The second kappa shape index (κ2) is 4.21. The highest BCUT2D eigenvalue weighted by Crippen LogP contribution is 2.39. The van der Waals surface area contributed by atoms with Gasteiger partial charge in [0.05, 0.1) is 11.4 Å². The van der Waals surface area contributed by atoms with Crippen LogP contribution in [0.2, 0.25) is 0 Å². The molecule has 3 aliphatic rings. The molecule has 7 heteroatoms. The number of benzene rings is 1. The highest BCUT2D eigenvalue weighted by atomic mass is 16.3. The number of amides is 1. The minimum atomic E-state index is -0.211. The van der Waals surface area contributed by atoms with Crippen LogP contribution in [0.4, 0.5) is 11.4 Å². The predicted molar refractivity (Wildman–Crippen MR) is 78.2 cm³/mol. The molecule has 3 N–H and O–H groups in total. The molecule has 3 aliphatic heterocycles. The van der Waals surface area contributed by atoms with Crippen LogP contribution in [0.1, 0.15) is 12.0 Å². The highest BCUT2D eigenvalue weighted by molar-refractivity contribution is 6.68. The number of hydrogen-bond donors (Lipinski definition) is 3. The lowest BCUT2D eigenvalue weighted by atomic mass is 10.1. The van der Waals surface area contributed by atoms with Crippen LogP contribution in [0.15, 0.2) is 17.1 Å². The number of amidine groups is 1. The molecule has 0 aliphatic carbocycles. The molecule has 2 fully saturated rings.